The van der Waals surface area contributed by atoms with Crippen molar-refractivity contribution in [3.63, 3.8) is 0 Å². The third-order valence-corrected chi connectivity index (χ3v) is 5.09. The van der Waals surface area contributed by atoms with E-state index >= 15 is 0 Å². The van der Waals surface area contributed by atoms with Crippen LogP contribution in [0.15, 0.2) is 12.1 Å². The summed E-state index contributed by atoms with van der Waals surface area (Å²) in [4.78, 5) is 12.4. The molecule has 0 heterocycles. The summed E-state index contributed by atoms with van der Waals surface area (Å²) in [5.41, 5.74) is 5.59. The van der Waals surface area contributed by atoms with Gasteiger partial charge in [-0.3, -0.25) is 4.79 Å². The Bertz CT molecular complexity index is 419. The maximum Gasteiger partial charge on any atom is 1.00 e. The van der Waals surface area contributed by atoms with E-state index in [0.29, 0.717) is 19.8 Å². The van der Waals surface area contributed by atoms with Gasteiger partial charge in [0.05, 0.1) is 0 Å². The zero-order chi connectivity index (χ0) is 12.4. The molecule has 94 valence electrons. The Labute approximate surface area is 126 Å². The molecule has 0 N–H and O–H groups in total. The summed E-state index contributed by atoms with van der Waals surface area (Å²) in [7, 11) is 0.488. The first-order valence-electron chi connectivity index (χ1n) is 6.46. The van der Waals surface area contributed by atoms with Gasteiger partial charge in [0.2, 0.25) is 0 Å². The zero-order valence-corrected chi connectivity index (χ0v) is 13.0. The Morgan fingerprint density at radius 1 is 1.17 bits per heavy atom. The van der Waals surface area contributed by atoms with Gasteiger partial charge in [0, 0.05) is 5.56 Å². The van der Waals surface area contributed by atoms with Crippen molar-refractivity contribution < 1.29 is 25.1 Å². The van der Waals surface area contributed by atoms with Crippen molar-refractivity contribution in [2.24, 2.45) is 0 Å². The largest absolute Gasteiger partial charge is 1.00 e. The number of carbonyl (C=O) groups excluding carboxylic acids is 1. The summed E-state index contributed by atoms with van der Waals surface area (Å²) in [6, 6.07) is 4.25. The van der Waals surface area contributed by atoms with E-state index in [4.69, 9.17) is 0 Å². The molecule has 1 aromatic carbocycles. The molecule has 1 nitrogen and oxygen atoms in total. The first kappa shape index (κ1) is 16.0. The normalized spacial score (nSPS) is 16.2. The Hall–Kier alpha value is -0.0826. The molecule has 0 saturated heterocycles. The van der Waals surface area contributed by atoms with Crippen LogP contribution in [0.2, 0.25) is 0 Å². The molecule has 3 heteroatoms. The third kappa shape index (κ3) is 3.71. The molecule has 1 saturated carbocycles. The first-order chi connectivity index (χ1) is 8.08. The predicted molar refractivity (Wildman–Crippen MR) is 76.7 cm³/mol. The maximum absolute atomic E-state index is 12.4. The Balaban J connectivity index is 0.00000162. The Kier molecular flexibility index (Phi) is 6.13. The smallest absolute Gasteiger partial charge is 1.00 e. The summed E-state index contributed by atoms with van der Waals surface area (Å²) in [6.07, 6.45) is 5.15. The summed E-state index contributed by atoms with van der Waals surface area (Å²) in [6.45, 7) is 6.21. The van der Waals surface area contributed by atoms with E-state index in [0.717, 1.165) is 16.7 Å². The molecule has 0 amide bonds. The van der Waals surface area contributed by atoms with Crippen molar-refractivity contribution in [1.82, 2.24) is 0 Å². The van der Waals surface area contributed by atoms with E-state index in [-0.39, 0.29) is 20.3 Å². The van der Waals surface area contributed by atoms with Gasteiger partial charge in [0.15, 0.2) is 5.52 Å². The predicted octanol–water partition coefficient (Wildman–Crippen LogP) is 1.49. The molecule has 1 aliphatic rings. The first-order valence-corrected chi connectivity index (χ1v) is 7.54. The monoisotopic (exact) mass is 256 g/mol. The van der Waals surface area contributed by atoms with Gasteiger partial charge in [-0.05, 0) is 59.0 Å². The standard InChI is InChI=1S/C15H21OP.Li.H/c1-10-8-11(2)14(12(3)9-10)15(16)17-13-6-4-5-7-13;;/h8-9,13,17H,4-7H2,1-3H3;;/q;+1;-1. The molecule has 1 fully saturated rings. The summed E-state index contributed by atoms with van der Waals surface area (Å²) >= 11 is 0. The molecule has 0 radical (unpaired) electrons. The zero-order valence-electron chi connectivity index (χ0n) is 13.0. The number of hydrogen-bond donors (Lipinski definition) is 0. The summed E-state index contributed by atoms with van der Waals surface area (Å²) in [5, 5.41) is 0. The molecule has 0 aliphatic heterocycles. The van der Waals surface area contributed by atoms with Crippen molar-refractivity contribution in [3.05, 3.63) is 34.4 Å². The van der Waals surface area contributed by atoms with Crippen molar-refractivity contribution in [1.29, 1.82) is 0 Å². The molecule has 18 heavy (non-hydrogen) atoms. The molecule has 1 unspecified atom stereocenters. The van der Waals surface area contributed by atoms with Crippen LogP contribution in [-0.2, 0) is 0 Å². The second kappa shape index (κ2) is 6.90. The molecule has 0 bridgehead atoms. The third-order valence-electron chi connectivity index (χ3n) is 3.59. The van der Waals surface area contributed by atoms with Gasteiger partial charge >= 0.3 is 18.9 Å². The van der Waals surface area contributed by atoms with E-state index in [1.54, 1.807) is 0 Å². The summed E-state index contributed by atoms with van der Waals surface area (Å²) < 4.78 is 0. The molecule has 0 spiro atoms. The Morgan fingerprint density at radius 3 is 2.17 bits per heavy atom. The molecule has 2 rings (SSSR count). The second-order valence-electron chi connectivity index (χ2n) is 5.23. The molecule has 1 aliphatic carbocycles. The van der Waals surface area contributed by atoms with E-state index in [1.165, 1.54) is 31.2 Å². The molecule has 0 aromatic heterocycles. The van der Waals surface area contributed by atoms with Crippen molar-refractivity contribution in [3.8, 4) is 0 Å². The number of carbonyl (C=O) groups is 1. The fraction of sp³-hybridized carbons (Fsp3) is 0.533. The van der Waals surface area contributed by atoms with E-state index in [2.05, 4.69) is 32.9 Å². The van der Waals surface area contributed by atoms with E-state index in [1.807, 2.05) is 0 Å². The van der Waals surface area contributed by atoms with E-state index in [9.17, 15) is 4.79 Å². The average Bonchev–Trinajstić information content (AvgIpc) is 2.68. The minimum absolute atomic E-state index is 0. The SMILES string of the molecule is Cc1cc(C)c(C(=O)PC2CCCC2)c(C)c1.[H-].[Li+]. The molecular formula is C15H22LiOP. The van der Waals surface area contributed by atoms with Gasteiger partial charge in [-0.2, -0.15) is 0 Å². The van der Waals surface area contributed by atoms with Crippen LogP contribution in [0, 0.1) is 20.8 Å². The topological polar surface area (TPSA) is 17.1 Å². The number of rotatable bonds is 3. The van der Waals surface area contributed by atoms with Crippen LogP contribution in [0.1, 0.15) is 54.2 Å². The second-order valence-corrected chi connectivity index (χ2v) is 6.79. The van der Waals surface area contributed by atoms with Gasteiger partial charge < -0.3 is 1.43 Å². The van der Waals surface area contributed by atoms with Crippen LogP contribution in [0.3, 0.4) is 0 Å². The molecule has 1 aromatic rings. The van der Waals surface area contributed by atoms with Crippen molar-refractivity contribution in [2.75, 3.05) is 0 Å². The number of aryl methyl sites for hydroxylation is 3. The summed E-state index contributed by atoms with van der Waals surface area (Å²) in [5.74, 6) is 0. The van der Waals surface area contributed by atoms with Gasteiger partial charge in [0.25, 0.3) is 0 Å². The van der Waals surface area contributed by atoms with E-state index < -0.39 is 0 Å². The van der Waals surface area contributed by atoms with Gasteiger partial charge in [-0.25, -0.2) is 0 Å². The van der Waals surface area contributed by atoms with Crippen LogP contribution in [0.5, 0.6) is 0 Å². The maximum atomic E-state index is 12.4. The Morgan fingerprint density at radius 2 is 1.67 bits per heavy atom. The number of benzene rings is 1. The molecular weight excluding hydrogens is 234 g/mol. The number of hydrogen-bond acceptors (Lipinski definition) is 1. The van der Waals surface area contributed by atoms with Crippen LogP contribution in [-0.4, -0.2) is 11.2 Å². The van der Waals surface area contributed by atoms with Crippen molar-refractivity contribution >= 4 is 14.1 Å². The molecule has 1 atom stereocenters. The van der Waals surface area contributed by atoms with Crippen LogP contribution >= 0.6 is 8.58 Å². The van der Waals surface area contributed by atoms with Crippen LogP contribution < -0.4 is 18.9 Å². The minimum atomic E-state index is 0. The quantitative estimate of drug-likeness (QED) is 0.591. The van der Waals surface area contributed by atoms with Gasteiger partial charge in [-0.15, -0.1) is 0 Å². The van der Waals surface area contributed by atoms with Crippen molar-refractivity contribution in [2.45, 2.75) is 52.1 Å². The fourth-order valence-corrected chi connectivity index (χ4v) is 4.47. The fourth-order valence-electron chi connectivity index (χ4n) is 2.87. The van der Waals surface area contributed by atoms with Gasteiger partial charge in [-0.1, -0.05) is 30.5 Å². The average molecular weight is 256 g/mol. The van der Waals surface area contributed by atoms with Crippen LogP contribution in [0.4, 0.5) is 0 Å². The minimum Gasteiger partial charge on any atom is -1.00 e. The van der Waals surface area contributed by atoms with Crippen LogP contribution in [0.25, 0.3) is 0 Å². The van der Waals surface area contributed by atoms with Gasteiger partial charge in [0.1, 0.15) is 0 Å².